The highest BCUT2D eigenvalue weighted by Crippen LogP contribution is 2.18. The molecule has 1 fully saturated rings. The van der Waals surface area contributed by atoms with Crippen LogP contribution in [0.15, 0.2) is 4.99 Å². The molecule has 27 heavy (non-hydrogen) atoms. The van der Waals surface area contributed by atoms with E-state index < -0.39 is 0 Å². The zero-order valence-electron chi connectivity index (χ0n) is 17.4. The van der Waals surface area contributed by atoms with Crippen molar-refractivity contribution in [3.63, 3.8) is 0 Å². The molecule has 0 saturated carbocycles. The van der Waals surface area contributed by atoms with Crippen LogP contribution in [0, 0.1) is 13.8 Å². The lowest BCUT2D eigenvalue weighted by Crippen LogP contribution is -2.49. The van der Waals surface area contributed by atoms with E-state index in [9.17, 15) is 0 Å². The number of aromatic nitrogens is 1. The molecular formula is C19H36IN5OS. The van der Waals surface area contributed by atoms with Gasteiger partial charge in [0.05, 0.1) is 30.0 Å². The highest BCUT2D eigenvalue weighted by atomic mass is 127. The van der Waals surface area contributed by atoms with Crippen molar-refractivity contribution in [2.24, 2.45) is 4.99 Å². The molecule has 1 aliphatic heterocycles. The maximum absolute atomic E-state index is 5.66. The zero-order valence-corrected chi connectivity index (χ0v) is 20.5. The average Bonchev–Trinajstić information content (AvgIpc) is 2.91. The molecule has 1 saturated heterocycles. The van der Waals surface area contributed by atoms with Gasteiger partial charge in [-0.3, -0.25) is 0 Å². The molecule has 8 heteroatoms. The summed E-state index contributed by atoms with van der Waals surface area (Å²) in [5.41, 5.74) is 1.10. The third-order valence-electron chi connectivity index (χ3n) is 4.51. The molecule has 0 unspecified atom stereocenters. The average molecular weight is 510 g/mol. The third-order valence-corrected chi connectivity index (χ3v) is 5.57. The Morgan fingerprint density at radius 1 is 1.33 bits per heavy atom. The normalized spacial score (nSPS) is 16.4. The maximum atomic E-state index is 5.66. The van der Waals surface area contributed by atoms with Crippen molar-refractivity contribution < 1.29 is 4.74 Å². The van der Waals surface area contributed by atoms with Crippen LogP contribution in [0.5, 0.6) is 0 Å². The zero-order chi connectivity index (χ0) is 18.9. The van der Waals surface area contributed by atoms with Crippen molar-refractivity contribution in [1.29, 1.82) is 0 Å². The van der Waals surface area contributed by atoms with Gasteiger partial charge < -0.3 is 20.3 Å². The van der Waals surface area contributed by atoms with Crippen molar-refractivity contribution in [2.45, 2.75) is 66.2 Å². The molecule has 0 aliphatic carbocycles. The van der Waals surface area contributed by atoms with Gasteiger partial charge in [-0.1, -0.05) is 0 Å². The van der Waals surface area contributed by atoms with Crippen molar-refractivity contribution in [3.8, 4) is 0 Å². The first kappa shape index (κ1) is 24.6. The smallest absolute Gasteiger partial charge is 0.191 e. The van der Waals surface area contributed by atoms with Crippen molar-refractivity contribution in [1.82, 2.24) is 20.5 Å². The van der Waals surface area contributed by atoms with Crippen molar-refractivity contribution in [3.05, 3.63) is 15.6 Å². The van der Waals surface area contributed by atoms with Gasteiger partial charge in [0.2, 0.25) is 0 Å². The number of aliphatic imine (C=N–C) groups is 1. The van der Waals surface area contributed by atoms with Crippen LogP contribution in [0.4, 0.5) is 0 Å². The van der Waals surface area contributed by atoms with Crippen LogP contribution < -0.4 is 10.6 Å². The lowest BCUT2D eigenvalue weighted by molar-refractivity contribution is 0.0532. The summed E-state index contributed by atoms with van der Waals surface area (Å²) in [7, 11) is 0. The first-order valence-electron chi connectivity index (χ1n) is 9.79. The van der Waals surface area contributed by atoms with E-state index in [-0.39, 0.29) is 24.0 Å². The summed E-state index contributed by atoms with van der Waals surface area (Å²) in [4.78, 5) is 13.0. The molecular weight excluding hydrogens is 473 g/mol. The van der Waals surface area contributed by atoms with Gasteiger partial charge in [-0.2, -0.15) is 0 Å². The number of piperidine rings is 1. The summed E-state index contributed by atoms with van der Waals surface area (Å²) in [6.45, 7) is 16.1. The molecule has 2 rings (SSSR count). The first-order chi connectivity index (χ1) is 12.5. The third kappa shape index (κ3) is 9.06. The van der Waals surface area contributed by atoms with E-state index in [0.29, 0.717) is 18.7 Å². The van der Waals surface area contributed by atoms with E-state index in [1.807, 2.05) is 6.92 Å². The number of halogens is 1. The SMILES string of the molecule is CCNC(=NCc1sc(C)nc1C)NC1CCN(CCOC(C)C)CC1.I. The molecule has 0 radical (unpaired) electrons. The molecule has 0 amide bonds. The number of aryl methyl sites for hydroxylation is 2. The van der Waals surface area contributed by atoms with Gasteiger partial charge >= 0.3 is 0 Å². The second kappa shape index (κ2) is 12.9. The Balaban J connectivity index is 0.00000364. The Kier molecular flexibility index (Phi) is 11.7. The fourth-order valence-corrected chi connectivity index (χ4v) is 3.96. The Labute approximate surface area is 185 Å². The van der Waals surface area contributed by atoms with E-state index >= 15 is 0 Å². The van der Waals surface area contributed by atoms with Crippen LogP contribution in [0.2, 0.25) is 0 Å². The first-order valence-corrected chi connectivity index (χ1v) is 10.6. The van der Waals surface area contributed by atoms with Crippen LogP contribution in [0.1, 0.15) is 49.2 Å². The molecule has 1 aromatic heterocycles. The number of hydrogen-bond donors (Lipinski definition) is 2. The Morgan fingerprint density at radius 2 is 2.04 bits per heavy atom. The lowest BCUT2D eigenvalue weighted by atomic mass is 10.1. The molecule has 0 spiro atoms. The van der Waals surface area contributed by atoms with E-state index in [1.165, 1.54) is 4.88 Å². The Hall–Kier alpha value is -0.450. The number of likely N-dealkylation sites (tertiary alicyclic amines) is 1. The van der Waals surface area contributed by atoms with Gasteiger partial charge in [0, 0.05) is 37.1 Å². The summed E-state index contributed by atoms with van der Waals surface area (Å²) >= 11 is 1.74. The molecule has 6 nitrogen and oxygen atoms in total. The largest absolute Gasteiger partial charge is 0.377 e. The van der Waals surface area contributed by atoms with Crippen LogP contribution in [-0.4, -0.2) is 60.8 Å². The minimum atomic E-state index is 0. The summed E-state index contributed by atoms with van der Waals surface area (Å²) in [5.74, 6) is 0.916. The molecule has 0 atom stereocenters. The standard InChI is InChI=1S/C19H35N5OS.HI/c1-6-20-19(21-13-18-15(4)22-16(5)26-18)23-17-7-9-24(10-8-17)11-12-25-14(2)3;/h14,17H,6-13H2,1-5H3,(H2,20,21,23);1H. The molecule has 2 N–H and O–H groups in total. The van der Waals surface area contributed by atoms with Gasteiger partial charge in [-0.15, -0.1) is 35.3 Å². The van der Waals surface area contributed by atoms with E-state index in [0.717, 1.165) is 62.3 Å². The fraction of sp³-hybridized carbons (Fsp3) is 0.789. The predicted molar refractivity (Wildman–Crippen MR) is 126 cm³/mol. The second-order valence-electron chi connectivity index (χ2n) is 7.12. The van der Waals surface area contributed by atoms with Gasteiger partial charge in [0.25, 0.3) is 0 Å². The molecule has 1 aliphatic rings. The maximum Gasteiger partial charge on any atom is 0.191 e. The van der Waals surface area contributed by atoms with Crippen LogP contribution in [0.25, 0.3) is 0 Å². The van der Waals surface area contributed by atoms with Gasteiger partial charge in [-0.05, 0) is 47.5 Å². The number of ether oxygens (including phenoxy) is 1. The van der Waals surface area contributed by atoms with Gasteiger partial charge in [0.1, 0.15) is 0 Å². The number of guanidine groups is 1. The number of thiazole rings is 1. The van der Waals surface area contributed by atoms with Crippen LogP contribution in [-0.2, 0) is 11.3 Å². The highest BCUT2D eigenvalue weighted by molar-refractivity contribution is 14.0. The second-order valence-corrected chi connectivity index (χ2v) is 8.40. The van der Waals surface area contributed by atoms with Gasteiger partial charge in [0.15, 0.2) is 5.96 Å². The van der Waals surface area contributed by atoms with Crippen LogP contribution >= 0.6 is 35.3 Å². The number of nitrogens with one attached hydrogen (secondary N) is 2. The number of hydrogen-bond acceptors (Lipinski definition) is 5. The molecule has 2 heterocycles. The number of nitrogens with zero attached hydrogens (tertiary/aromatic N) is 3. The molecule has 1 aromatic rings. The predicted octanol–water partition coefficient (Wildman–Crippen LogP) is 3.32. The molecule has 156 valence electrons. The summed E-state index contributed by atoms with van der Waals surface area (Å²) in [6, 6.07) is 0.486. The topological polar surface area (TPSA) is 61.8 Å². The minimum Gasteiger partial charge on any atom is -0.377 e. The van der Waals surface area contributed by atoms with Gasteiger partial charge in [-0.25, -0.2) is 9.98 Å². The Morgan fingerprint density at radius 3 is 2.59 bits per heavy atom. The quantitative estimate of drug-likeness (QED) is 0.320. The number of rotatable bonds is 8. The van der Waals surface area contributed by atoms with Crippen molar-refractivity contribution in [2.75, 3.05) is 32.8 Å². The minimum absolute atomic E-state index is 0. The summed E-state index contributed by atoms with van der Waals surface area (Å²) in [6.07, 6.45) is 2.61. The monoisotopic (exact) mass is 509 g/mol. The summed E-state index contributed by atoms with van der Waals surface area (Å²) in [5, 5.41) is 8.10. The highest BCUT2D eigenvalue weighted by Gasteiger charge is 2.20. The van der Waals surface area contributed by atoms with E-state index in [4.69, 9.17) is 9.73 Å². The molecule has 0 bridgehead atoms. The summed E-state index contributed by atoms with van der Waals surface area (Å²) < 4.78 is 5.66. The van der Waals surface area contributed by atoms with E-state index in [1.54, 1.807) is 11.3 Å². The Bertz CT molecular complexity index is 570. The van der Waals surface area contributed by atoms with Crippen LogP contribution in [0.3, 0.4) is 0 Å². The van der Waals surface area contributed by atoms with Crippen molar-refractivity contribution >= 4 is 41.3 Å². The molecule has 0 aromatic carbocycles. The lowest BCUT2D eigenvalue weighted by Gasteiger charge is -2.33. The van der Waals surface area contributed by atoms with E-state index in [2.05, 4.69) is 48.2 Å². The fourth-order valence-electron chi connectivity index (χ4n) is 3.10.